The van der Waals surface area contributed by atoms with Crippen molar-refractivity contribution in [2.75, 3.05) is 0 Å². The van der Waals surface area contributed by atoms with E-state index in [0.717, 1.165) is 24.8 Å². The zero-order chi connectivity index (χ0) is 23.3. The number of nitrogens with one attached hydrogen (secondary N) is 2. The Morgan fingerprint density at radius 1 is 1.28 bits per heavy atom. The van der Waals surface area contributed by atoms with Gasteiger partial charge in [0.1, 0.15) is 11.8 Å². The molecule has 1 heterocycles. The molecule has 32 heavy (non-hydrogen) atoms. The summed E-state index contributed by atoms with van der Waals surface area (Å²) in [7, 11) is 0. The Morgan fingerprint density at radius 3 is 2.69 bits per heavy atom. The van der Waals surface area contributed by atoms with Crippen LogP contribution in [-0.2, 0) is 9.59 Å². The topological polar surface area (TPSA) is 116 Å². The lowest BCUT2D eigenvalue weighted by molar-refractivity contribution is -0.128. The van der Waals surface area contributed by atoms with Crippen LogP contribution in [0.5, 0.6) is 0 Å². The number of hydrogen-bond donors (Lipinski definition) is 2. The molecule has 0 unspecified atom stereocenters. The van der Waals surface area contributed by atoms with Crippen molar-refractivity contribution in [3.63, 3.8) is 0 Å². The lowest BCUT2D eigenvalue weighted by Crippen LogP contribution is -2.42. The van der Waals surface area contributed by atoms with E-state index in [2.05, 4.69) is 21.4 Å². The highest BCUT2D eigenvalue weighted by atomic mass is 16.2. The fourth-order valence-electron chi connectivity index (χ4n) is 4.42. The van der Waals surface area contributed by atoms with E-state index in [9.17, 15) is 19.6 Å². The van der Waals surface area contributed by atoms with Gasteiger partial charge in [0.15, 0.2) is 11.6 Å². The van der Waals surface area contributed by atoms with Crippen LogP contribution in [0.4, 0.5) is 0 Å². The number of benzene rings is 1. The van der Waals surface area contributed by atoms with Gasteiger partial charge in [0.05, 0.1) is 17.1 Å². The number of aromatic amines is 1. The van der Waals surface area contributed by atoms with Crippen LogP contribution >= 0.6 is 0 Å². The smallest absolute Gasteiger partial charge is 0.224 e. The highest BCUT2D eigenvalue weighted by molar-refractivity contribution is 5.98. The van der Waals surface area contributed by atoms with E-state index < -0.39 is 12.0 Å². The molecule has 0 bridgehead atoms. The second-order valence-corrected chi connectivity index (χ2v) is 10.0. The summed E-state index contributed by atoms with van der Waals surface area (Å²) in [5.74, 6) is -0.902. The molecule has 1 aromatic heterocycles. The van der Waals surface area contributed by atoms with Crippen molar-refractivity contribution in [1.29, 1.82) is 5.26 Å². The summed E-state index contributed by atoms with van der Waals surface area (Å²) in [5, 5.41) is 12.4. The maximum Gasteiger partial charge on any atom is 0.224 e. The van der Waals surface area contributed by atoms with Crippen LogP contribution in [0.2, 0.25) is 0 Å². The first-order chi connectivity index (χ1) is 15.2. The van der Waals surface area contributed by atoms with Crippen molar-refractivity contribution in [3.8, 4) is 6.07 Å². The van der Waals surface area contributed by atoms with Crippen molar-refractivity contribution < 1.29 is 14.4 Å². The number of Topliss-reactive ketones (excluding diaryl/α,β-unsaturated/α-hetero) is 2. The lowest BCUT2D eigenvalue weighted by atomic mass is 9.81. The van der Waals surface area contributed by atoms with E-state index in [-0.39, 0.29) is 41.1 Å². The molecule has 1 fully saturated rings. The van der Waals surface area contributed by atoms with E-state index in [1.54, 1.807) is 0 Å². The molecular weight excluding hydrogens is 404 g/mol. The predicted octanol–water partition coefficient (Wildman–Crippen LogP) is 4.35. The van der Waals surface area contributed by atoms with Gasteiger partial charge in [0.25, 0.3) is 0 Å². The van der Waals surface area contributed by atoms with Crippen molar-refractivity contribution in [3.05, 3.63) is 30.1 Å². The molecule has 3 atom stereocenters. The molecule has 1 saturated carbocycles. The first kappa shape index (κ1) is 23.6. The number of aromatic nitrogens is 2. The van der Waals surface area contributed by atoms with Crippen LogP contribution in [0.15, 0.2) is 24.3 Å². The van der Waals surface area contributed by atoms with Crippen LogP contribution in [0, 0.1) is 28.6 Å². The van der Waals surface area contributed by atoms with Gasteiger partial charge in [-0.25, -0.2) is 4.98 Å². The van der Waals surface area contributed by atoms with E-state index in [1.165, 1.54) is 0 Å². The maximum atomic E-state index is 13.1. The first-order valence-corrected chi connectivity index (χ1v) is 11.4. The van der Waals surface area contributed by atoms with E-state index in [0.29, 0.717) is 24.8 Å². The highest BCUT2D eigenvalue weighted by Crippen LogP contribution is 2.29. The number of fused-ring (bicyclic) bond motifs is 1. The van der Waals surface area contributed by atoms with E-state index in [1.807, 2.05) is 45.0 Å². The van der Waals surface area contributed by atoms with Gasteiger partial charge in [0.2, 0.25) is 5.91 Å². The molecule has 7 heteroatoms. The standard InChI is InChI=1S/C25H32N4O3/c1-25(2,3)14-17(13-22(31)23-28-19-9-5-6-10-20(19)29-23)24(32)27-18(15-26)12-16-8-4-7-11-21(16)30/h5-6,9-10,16-18H,4,7-8,11-14H2,1-3H3,(H,27,32)(H,28,29)/t16-,17-,18-/m0/s1. The number of amides is 1. The summed E-state index contributed by atoms with van der Waals surface area (Å²) in [4.78, 5) is 45.6. The number of carbonyl (C=O) groups excluding carboxylic acids is 3. The van der Waals surface area contributed by atoms with Gasteiger partial charge in [-0.15, -0.1) is 0 Å². The molecule has 0 radical (unpaired) electrons. The van der Waals surface area contributed by atoms with E-state index >= 15 is 0 Å². The molecule has 0 spiro atoms. The average Bonchev–Trinajstić information content (AvgIpc) is 3.17. The zero-order valence-electron chi connectivity index (χ0n) is 19.1. The molecule has 2 N–H and O–H groups in total. The number of para-hydroxylation sites is 2. The maximum absolute atomic E-state index is 13.1. The largest absolute Gasteiger partial charge is 0.340 e. The summed E-state index contributed by atoms with van der Waals surface area (Å²) >= 11 is 0. The molecule has 170 valence electrons. The normalized spacial score (nSPS) is 18.7. The van der Waals surface area contributed by atoms with Crippen LogP contribution in [-0.4, -0.2) is 33.5 Å². The Labute approximate surface area is 189 Å². The average molecular weight is 437 g/mol. The van der Waals surface area contributed by atoms with Gasteiger partial charge in [0, 0.05) is 24.7 Å². The van der Waals surface area contributed by atoms with Gasteiger partial charge in [-0.2, -0.15) is 5.26 Å². The monoisotopic (exact) mass is 436 g/mol. The SMILES string of the molecule is CC(C)(C)C[C@H](CC(=O)c1nc2ccccc2[nH]1)C(=O)N[C@H](C#N)C[C@@H]1CCCCC1=O. The summed E-state index contributed by atoms with van der Waals surface area (Å²) in [6.45, 7) is 6.05. The molecule has 1 amide bonds. The Hall–Kier alpha value is -3.01. The van der Waals surface area contributed by atoms with E-state index in [4.69, 9.17) is 0 Å². The summed E-state index contributed by atoms with van der Waals surface area (Å²) in [5.41, 5.74) is 1.29. The highest BCUT2D eigenvalue weighted by Gasteiger charge is 2.31. The molecule has 1 aliphatic rings. The zero-order valence-corrected chi connectivity index (χ0v) is 19.1. The number of H-pyrrole nitrogens is 1. The Bertz CT molecular complexity index is 995. The molecule has 3 rings (SSSR count). The van der Waals surface area contributed by atoms with Crippen LogP contribution < -0.4 is 5.32 Å². The summed E-state index contributed by atoms with van der Waals surface area (Å²) in [6.07, 6.45) is 4.02. The van der Waals surface area contributed by atoms with Crippen molar-refractivity contribution in [2.24, 2.45) is 17.3 Å². The van der Waals surface area contributed by atoms with Crippen LogP contribution in [0.3, 0.4) is 0 Å². The Balaban J connectivity index is 1.70. The first-order valence-electron chi connectivity index (χ1n) is 11.4. The summed E-state index contributed by atoms with van der Waals surface area (Å²) in [6, 6.07) is 8.79. The minimum absolute atomic E-state index is 0.00341. The van der Waals surface area contributed by atoms with Crippen LogP contribution in [0.25, 0.3) is 11.0 Å². The molecule has 0 saturated heterocycles. The minimum Gasteiger partial charge on any atom is -0.340 e. The van der Waals surface area contributed by atoms with Gasteiger partial charge in [-0.3, -0.25) is 14.4 Å². The number of carbonyl (C=O) groups is 3. The minimum atomic E-state index is -0.738. The number of hydrogen-bond acceptors (Lipinski definition) is 5. The number of nitriles is 1. The third kappa shape index (κ3) is 6.25. The second kappa shape index (κ2) is 10.1. The number of nitrogens with zero attached hydrogens (tertiary/aromatic N) is 2. The Morgan fingerprint density at radius 2 is 2.03 bits per heavy atom. The quantitative estimate of drug-likeness (QED) is 0.597. The number of rotatable bonds is 8. The van der Waals surface area contributed by atoms with Gasteiger partial charge in [-0.1, -0.05) is 39.3 Å². The predicted molar refractivity (Wildman–Crippen MR) is 122 cm³/mol. The fourth-order valence-corrected chi connectivity index (χ4v) is 4.42. The van der Waals surface area contributed by atoms with Gasteiger partial charge >= 0.3 is 0 Å². The van der Waals surface area contributed by atoms with Crippen LogP contribution in [0.1, 0.15) is 76.3 Å². The Kier molecular flexibility index (Phi) is 7.44. The summed E-state index contributed by atoms with van der Waals surface area (Å²) < 4.78 is 0. The van der Waals surface area contributed by atoms with Crippen molar-refractivity contribution >= 4 is 28.5 Å². The lowest BCUT2D eigenvalue weighted by Gasteiger charge is -2.27. The molecule has 1 aliphatic carbocycles. The van der Waals surface area contributed by atoms with Gasteiger partial charge < -0.3 is 10.3 Å². The van der Waals surface area contributed by atoms with Crippen molar-refractivity contribution in [2.45, 2.75) is 71.8 Å². The van der Waals surface area contributed by atoms with Gasteiger partial charge in [-0.05, 0) is 43.2 Å². The third-order valence-corrected chi connectivity index (χ3v) is 5.99. The fraction of sp³-hybridized carbons (Fsp3) is 0.560. The number of imidazole rings is 1. The molecule has 0 aliphatic heterocycles. The molecule has 7 nitrogen and oxygen atoms in total. The molecule has 1 aromatic carbocycles. The van der Waals surface area contributed by atoms with Crippen molar-refractivity contribution in [1.82, 2.24) is 15.3 Å². The third-order valence-electron chi connectivity index (χ3n) is 5.99. The number of ketones is 2. The second-order valence-electron chi connectivity index (χ2n) is 10.0. The molecule has 2 aromatic rings. The molecular formula is C25H32N4O3.